The summed E-state index contributed by atoms with van der Waals surface area (Å²) in [7, 11) is 0. The minimum Gasteiger partial charge on any atom is -0.274 e. The van der Waals surface area contributed by atoms with Crippen LogP contribution in [0.3, 0.4) is 0 Å². The summed E-state index contributed by atoms with van der Waals surface area (Å²) in [6.45, 7) is 0. The lowest BCUT2D eigenvalue weighted by Gasteiger charge is -2.45. The zero-order valence-electron chi connectivity index (χ0n) is 17.9. The zero-order chi connectivity index (χ0) is 22.1. The number of hydrogen-bond donors (Lipinski definition) is 0. The monoisotopic (exact) mass is 427 g/mol. The first-order valence-corrected chi connectivity index (χ1v) is 11.5. The van der Waals surface area contributed by atoms with Crippen molar-refractivity contribution in [2.24, 2.45) is 11.8 Å². The van der Waals surface area contributed by atoms with Gasteiger partial charge in [0.15, 0.2) is 0 Å². The van der Waals surface area contributed by atoms with Gasteiger partial charge < -0.3 is 0 Å². The summed E-state index contributed by atoms with van der Waals surface area (Å²) < 4.78 is 0. The van der Waals surface area contributed by atoms with Crippen molar-refractivity contribution in [1.29, 1.82) is 0 Å². The van der Waals surface area contributed by atoms with Crippen LogP contribution in [0.1, 0.15) is 34.1 Å². The van der Waals surface area contributed by atoms with Crippen molar-refractivity contribution in [3.63, 3.8) is 0 Å². The number of carbonyl (C=O) groups excluding carboxylic acids is 2. The highest BCUT2D eigenvalue weighted by Crippen LogP contribution is 2.61. The van der Waals surface area contributed by atoms with Crippen LogP contribution in [0.5, 0.6) is 0 Å². The molecule has 3 heteroatoms. The summed E-state index contributed by atoms with van der Waals surface area (Å²) in [6.07, 6.45) is 0. The fourth-order valence-corrected chi connectivity index (χ4v) is 6.45. The van der Waals surface area contributed by atoms with E-state index in [2.05, 4.69) is 24.3 Å². The zero-order valence-corrected chi connectivity index (χ0v) is 17.9. The molecular formula is C30H21NO2. The molecular weight excluding hydrogens is 406 g/mol. The van der Waals surface area contributed by atoms with Gasteiger partial charge >= 0.3 is 0 Å². The summed E-state index contributed by atoms with van der Waals surface area (Å²) in [5.74, 6) is -1.05. The van der Waals surface area contributed by atoms with E-state index in [0.29, 0.717) is 5.69 Å². The fraction of sp³-hybridized carbons (Fsp3) is 0.133. The molecule has 4 aliphatic rings. The maximum absolute atomic E-state index is 14.0. The molecule has 2 bridgehead atoms. The second kappa shape index (κ2) is 6.76. The number of carbonyl (C=O) groups is 2. The van der Waals surface area contributed by atoms with Crippen LogP contribution in [0.4, 0.5) is 5.69 Å². The third-order valence-electron chi connectivity index (χ3n) is 7.68. The molecule has 3 aliphatic carbocycles. The van der Waals surface area contributed by atoms with Crippen LogP contribution in [0, 0.1) is 11.8 Å². The Morgan fingerprint density at radius 2 is 0.909 bits per heavy atom. The predicted molar refractivity (Wildman–Crippen MR) is 128 cm³/mol. The molecule has 8 rings (SSSR count). The van der Waals surface area contributed by atoms with E-state index in [1.165, 1.54) is 27.2 Å². The van der Waals surface area contributed by atoms with Gasteiger partial charge in [-0.25, -0.2) is 4.90 Å². The van der Waals surface area contributed by atoms with E-state index in [9.17, 15) is 9.59 Å². The largest absolute Gasteiger partial charge is 0.274 e. The van der Waals surface area contributed by atoms with E-state index in [-0.39, 0.29) is 35.5 Å². The van der Waals surface area contributed by atoms with Crippen molar-refractivity contribution in [1.82, 2.24) is 0 Å². The minimum absolute atomic E-state index is 0.0765. The second-order valence-electron chi connectivity index (χ2n) is 9.16. The fourth-order valence-electron chi connectivity index (χ4n) is 6.45. The number of nitrogens with zero attached hydrogens (tertiary/aromatic N) is 1. The van der Waals surface area contributed by atoms with Crippen molar-refractivity contribution in [2.75, 3.05) is 4.90 Å². The number of para-hydroxylation sites is 1. The molecule has 1 heterocycles. The average Bonchev–Trinajstić information content (AvgIpc) is 3.15. The lowest BCUT2D eigenvalue weighted by Crippen LogP contribution is -2.41. The normalized spacial score (nSPS) is 24.4. The average molecular weight is 428 g/mol. The molecule has 2 amide bonds. The molecule has 2 atom stereocenters. The molecule has 0 unspecified atom stereocenters. The Hall–Kier alpha value is -3.98. The Labute approximate surface area is 192 Å². The molecule has 1 fully saturated rings. The van der Waals surface area contributed by atoms with Crippen molar-refractivity contribution in [2.45, 2.75) is 11.8 Å². The van der Waals surface area contributed by atoms with Gasteiger partial charge in [0, 0.05) is 17.4 Å². The number of amides is 2. The van der Waals surface area contributed by atoms with E-state index in [4.69, 9.17) is 0 Å². The standard InChI is InChI=1S/C30H21NO2/c32-29-27-25-20-13-4-5-14-21(20)26(23-16-7-6-15-22(23)25)28(27)30(33)31(29)24-17-9-8-12-19(24)18-10-2-1-3-11-18/h1-17,25-28H/t25?,26?,27-,28+. The topological polar surface area (TPSA) is 37.4 Å². The Morgan fingerprint density at radius 3 is 1.42 bits per heavy atom. The van der Waals surface area contributed by atoms with Gasteiger partial charge in [0.25, 0.3) is 0 Å². The number of imide groups is 1. The second-order valence-corrected chi connectivity index (χ2v) is 9.16. The number of anilines is 1. The van der Waals surface area contributed by atoms with E-state index >= 15 is 0 Å². The first kappa shape index (κ1) is 18.6. The van der Waals surface area contributed by atoms with Gasteiger partial charge in [0.2, 0.25) is 11.8 Å². The van der Waals surface area contributed by atoms with E-state index in [1.54, 1.807) is 0 Å². The third kappa shape index (κ3) is 2.39. The SMILES string of the molecule is O=C1[C@@H]2C3c4ccccc4C(c4ccccc43)[C@@H]2C(=O)N1c1ccccc1-c1ccccc1. The molecule has 1 saturated heterocycles. The smallest absolute Gasteiger partial charge is 0.238 e. The number of hydrogen-bond acceptors (Lipinski definition) is 2. The van der Waals surface area contributed by atoms with Crippen LogP contribution in [0.2, 0.25) is 0 Å². The first-order chi connectivity index (χ1) is 16.3. The molecule has 0 N–H and O–H groups in total. The van der Waals surface area contributed by atoms with Crippen LogP contribution < -0.4 is 4.90 Å². The molecule has 0 aromatic heterocycles. The molecule has 158 valence electrons. The maximum Gasteiger partial charge on any atom is 0.238 e. The molecule has 1 aliphatic heterocycles. The highest BCUT2D eigenvalue weighted by molar-refractivity contribution is 6.24. The van der Waals surface area contributed by atoms with Crippen LogP contribution in [0.25, 0.3) is 11.1 Å². The van der Waals surface area contributed by atoms with E-state index < -0.39 is 0 Å². The predicted octanol–water partition coefficient (Wildman–Crippen LogP) is 5.75. The van der Waals surface area contributed by atoms with Gasteiger partial charge in [0.1, 0.15) is 0 Å². The van der Waals surface area contributed by atoms with Crippen molar-refractivity contribution < 1.29 is 9.59 Å². The number of benzene rings is 4. The summed E-state index contributed by atoms with van der Waals surface area (Å²) in [4.78, 5) is 29.6. The lowest BCUT2D eigenvalue weighted by atomic mass is 9.55. The van der Waals surface area contributed by atoms with Gasteiger partial charge in [-0.1, -0.05) is 97.1 Å². The van der Waals surface area contributed by atoms with Gasteiger partial charge in [0.05, 0.1) is 17.5 Å². The van der Waals surface area contributed by atoms with Gasteiger partial charge in [-0.2, -0.15) is 0 Å². The minimum atomic E-state index is -0.365. The van der Waals surface area contributed by atoms with Gasteiger partial charge in [-0.3, -0.25) is 9.59 Å². The molecule has 0 spiro atoms. The molecule has 4 aromatic carbocycles. The Kier molecular flexibility index (Phi) is 3.80. The number of rotatable bonds is 2. The van der Waals surface area contributed by atoms with E-state index in [1.807, 2.05) is 78.9 Å². The summed E-state index contributed by atoms with van der Waals surface area (Å²) in [5, 5.41) is 0. The molecule has 3 nitrogen and oxygen atoms in total. The van der Waals surface area contributed by atoms with Crippen molar-refractivity contribution in [3.05, 3.63) is 125 Å². The summed E-state index contributed by atoms with van der Waals surface area (Å²) in [5.41, 5.74) is 7.37. The lowest BCUT2D eigenvalue weighted by molar-refractivity contribution is -0.122. The van der Waals surface area contributed by atoms with E-state index in [0.717, 1.165) is 11.1 Å². The van der Waals surface area contributed by atoms with Crippen molar-refractivity contribution >= 4 is 17.5 Å². The van der Waals surface area contributed by atoms with Crippen LogP contribution in [-0.4, -0.2) is 11.8 Å². The molecule has 0 radical (unpaired) electrons. The van der Waals surface area contributed by atoms with Crippen LogP contribution in [-0.2, 0) is 9.59 Å². The quantitative estimate of drug-likeness (QED) is 0.382. The molecule has 4 aromatic rings. The van der Waals surface area contributed by atoms with Crippen LogP contribution in [0.15, 0.2) is 103 Å². The highest BCUT2D eigenvalue weighted by Gasteiger charge is 2.61. The Balaban J connectivity index is 1.42. The summed E-state index contributed by atoms with van der Waals surface area (Å²) in [6, 6.07) is 34.4. The Bertz CT molecular complexity index is 1330. The van der Waals surface area contributed by atoms with Crippen LogP contribution >= 0.6 is 0 Å². The van der Waals surface area contributed by atoms with Gasteiger partial charge in [-0.05, 0) is 33.9 Å². The summed E-state index contributed by atoms with van der Waals surface area (Å²) >= 11 is 0. The third-order valence-corrected chi connectivity index (χ3v) is 7.68. The van der Waals surface area contributed by atoms with Crippen molar-refractivity contribution in [3.8, 4) is 11.1 Å². The molecule has 33 heavy (non-hydrogen) atoms. The first-order valence-electron chi connectivity index (χ1n) is 11.5. The maximum atomic E-state index is 14.0. The molecule has 0 saturated carbocycles. The van der Waals surface area contributed by atoms with Gasteiger partial charge in [-0.15, -0.1) is 0 Å². The Morgan fingerprint density at radius 1 is 0.485 bits per heavy atom. The highest BCUT2D eigenvalue weighted by atomic mass is 16.2.